The Hall–Kier alpha value is -1.85. The van der Waals surface area contributed by atoms with Gasteiger partial charge in [0.05, 0.1) is 6.20 Å². The summed E-state index contributed by atoms with van der Waals surface area (Å²) in [5.74, 6) is -1.01. The number of imidazole rings is 1. The quantitative estimate of drug-likeness (QED) is 0.592. The van der Waals surface area contributed by atoms with Crippen LogP contribution < -0.4 is 5.32 Å². The Morgan fingerprint density at radius 1 is 1.75 bits per heavy atom. The van der Waals surface area contributed by atoms with Gasteiger partial charge in [-0.25, -0.2) is 9.78 Å². The summed E-state index contributed by atoms with van der Waals surface area (Å²) in [6.07, 6.45) is 1.33. The molecule has 1 aromatic rings. The summed E-state index contributed by atoms with van der Waals surface area (Å²) in [5, 5.41) is 11.1. The van der Waals surface area contributed by atoms with Crippen molar-refractivity contribution in [3.8, 4) is 0 Å². The third-order valence-corrected chi connectivity index (χ3v) is 1.62. The van der Waals surface area contributed by atoms with E-state index in [0.717, 1.165) is 0 Å². The standard InChI is InChI=1S/C6H5N3O3/c10-4-2-9-3(8-4)1-7-5(9)6(11)12/h1H,2H2,(H,8,10)(H,11,12). The highest BCUT2D eigenvalue weighted by atomic mass is 16.4. The van der Waals surface area contributed by atoms with E-state index in [9.17, 15) is 9.59 Å². The third kappa shape index (κ3) is 0.777. The number of nitrogens with zero attached hydrogens (tertiary/aromatic N) is 2. The maximum Gasteiger partial charge on any atom is 0.372 e. The molecule has 2 heterocycles. The largest absolute Gasteiger partial charge is 0.475 e. The van der Waals surface area contributed by atoms with E-state index in [-0.39, 0.29) is 18.3 Å². The van der Waals surface area contributed by atoms with Crippen LogP contribution in [0.3, 0.4) is 0 Å². The molecule has 12 heavy (non-hydrogen) atoms. The zero-order chi connectivity index (χ0) is 8.72. The van der Waals surface area contributed by atoms with E-state index >= 15 is 0 Å². The van der Waals surface area contributed by atoms with Crippen molar-refractivity contribution in [1.29, 1.82) is 0 Å². The van der Waals surface area contributed by atoms with Crippen LogP contribution in [0.25, 0.3) is 0 Å². The second-order valence-electron chi connectivity index (χ2n) is 2.41. The normalized spacial score (nSPS) is 14.2. The van der Waals surface area contributed by atoms with Gasteiger partial charge in [0.25, 0.3) is 0 Å². The zero-order valence-electron chi connectivity index (χ0n) is 5.94. The highest BCUT2D eigenvalue weighted by Crippen LogP contribution is 2.16. The molecule has 0 radical (unpaired) electrons. The Bertz CT molecular complexity index is 368. The van der Waals surface area contributed by atoms with Crippen LogP contribution in [-0.2, 0) is 11.3 Å². The van der Waals surface area contributed by atoms with Crippen LogP contribution in [0.15, 0.2) is 6.20 Å². The van der Waals surface area contributed by atoms with Crippen molar-refractivity contribution in [2.45, 2.75) is 6.54 Å². The van der Waals surface area contributed by atoms with E-state index in [0.29, 0.717) is 5.82 Å². The van der Waals surface area contributed by atoms with E-state index in [4.69, 9.17) is 5.11 Å². The first-order chi connectivity index (χ1) is 5.68. The van der Waals surface area contributed by atoms with Gasteiger partial charge in [0.15, 0.2) is 0 Å². The summed E-state index contributed by atoms with van der Waals surface area (Å²) in [5.41, 5.74) is 0. The van der Waals surface area contributed by atoms with Gasteiger partial charge >= 0.3 is 5.97 Å². The maximum absolute atomic E-state index is 10.8. The number of aromatic nitrogens is 2. The molecule has 62 valence electrons. The molecule has 0 saturated carbocycles. The Labute approximate surface area is 66.8 Å². The number of hydrogen-bond donors (Lipinski definition) is 2. The highest BCUT2D eigenvalue weighted by molar-refractivity contribution is 5.96. The Balaban J connectivity index is 2.50. The number of fused-ring (bicyclic) bond motifs is 1. The number of carbonyl (C=O) groups excluding carboxylic acids is 1. The maximum atomic E-state index is 10.8. The lowest BCUT2D eigenvalue weighted by atomic mass is 10.5. The van der Waals surface area contributed by atoms with Crippen LogP contribution in [0, 0.1) is 0 Å². The van der Waals surface area contributed by atoms with Gasteiger partial charge in [-0.15, -0.1) is 0 Å². The van der Waals surface area contributed by atoms with Crippen molar-refractivity contribution in [3.05, 3.63) is 12.0 Å². The predicted octanol–water partition coefficient (Wildman–Crippen LogP) is -0.467. The number of rotatable bonds is 1. The van der Waals surface area contributed by atoms with E-state index < -0.39 is 5.97 Å². The summed E-state index contributed by atoms with van der Waals surface area (Å²) in [4.78, 5) is 24.9. The molecule has 6 nitrogen and oxygen atoms in total. The lowest BCUT2D eigenvalue weighted by Gasteiger charge is -1.94. The fraction of sp³-hybridized carbons (Fsp3) is 0.167. The summed E-state index contributed by atoms with van der Waals surface area (Å²) < 4.78 is 1.32. The molecule has 1 aliphatic heterocycles. The molecule has 0 atom stereocenters. The zero-order valence-corrected chi connectivity index (χ0v) is 5.94. The van der Waals surface area contributed by atoms with Crippen molar-refractivity contribution >= 4 is 17.7 Å². The Morgan fingerprint density at radius 3 is 3.17 bits per heavy atom. The molecule has 0 aromatic carbocycles. The molecule has 0 unspecified atom stereocenters. The number of nitrogens with one attached hydrogen (secondary N) is 1. The molecule has 1 aromatic heterocycles. The first-order valence-corrected chi connectivity index (χ1v) is 3.27. The van der Waals surface area contributed by atoms with Gasteiger partial charge in [-0.1, -0.05) is 0 Å². The second kappa shape index (κ2) is 2.07. The average molecular weight is 167 g/mol. The van der Waals surface area contributed by atoms with Crippen LogP contribution in [0.1, 0.15) is 10.6 Å². The molecule has 2 N–H and O–H groups in total. The molecule has 0 saturated heterocycles. The molecule has 1 aliphatic rings. The monoisotopic (exact) mass is 167 g/mol. The molecule has 0 bridgehead atoms. The number of anilines is 1. The first kappa shape index (κ1) is 6.84. The summed E-state index contributed by atoms with van der Waals surface area (Å²) in [7, 11) is 0. The van der Waals surface area contributed by atoms with Crippen LogP contribution in [0.5, 0.6) is 0 Å². The van der Waals surface area contributed by atoms with Gasteiger partial charge in [-0.05, 0) is 0 Å². The van der Waals surface area contributed by atoms with Crippen molar-refractivity contribution in [3.63, 3.8) is 0 Å². The van der Waals surface area contributed by atoms with Crippen molar-refractivity contribution < 1.29 is 14.7 Å². The molecule has 0 spiro atoms. The van der Waals surface area contributed by atoms with Gasteiger partial charge < -0.3 is 10.4 Å². The van der Waals surface area contributed by atoms with Crippen LogP contribution >= 0.6 is 0 Å². The van der Waals surface area contributed by atoms with Crippen molar-refractivity contribution in [1.82, 2.24) is 9.55 Å². The Morgan fingerprint density at radius 2 is 2.50 bits per heavy atom. The van der Waals surface area contributed by atoms with E-state index in [1.165, 1.54) is 10.8 Å². The summed E-state index contributed by atoms with van der Waals surface area (Å²) in [6.45, 7) is 0.0387. The highest BCUT2D eigenvalue weighted by Gasteiger charge is 2.24. The summed E-state index contributed by atoms with van der Waals surface area (Å²) in [6, 6.07) is 0. The minimum atomic E-state index is -1.13. The third-order valence-electron chi connectivity index (χ3n) is 1.62. The van der Waals surface area contributed by atoms with Gasteiger partial charge in [0.1, 0.15) is 12.4 Å². The average Bonchev–Trinajstić information content (AvgIpc) is 2.43. The minimum Gasteiger partial charge on any atom is -0.475 e. The van der Waals surface area contributed by atoms with Crippen LogP contribution in [0.2, 0.25) is 0 Å². The minimum absolute atomic E-state index is 0.0387. The van der Waals surface area contributed by atoms with E-state index in [1.807, 2.05) is 0 Å². The molecule has 0 aliphatic carbocycles. The fourth-order valence-corrected chi connectivity index (χ4v) is 1.13. The van der Waals surface area contributed by atoms with Gasteiger partial charge in [-0.2, -0.15) is 0 Å². The molecule has 1 amide bonds. The molecular weight excluding hydrogens is 162 g/mol. The Kier molecular flexibility index (Phi) is 1.18. The second-order valence-corrected chi connectivity index (χ2v) is 2.41. The van der Waals surface area contributed by atoms with Crippen LogP contribution in [0.4, 0.5) is 5.82 Å². The van der Waals surface area contributed by atoms with Crippen molar-refractivity contribution in [2.75, 3.05) is 5.32 Å². The number of carbonyl (C=O) groups is 2. The van der Waals surface area contributed by atoms with Crippen LogP contribution in [-0.4, -0.2) is 26.5 Å². The molecule has 0 fully saturated rings. The number of carboxylic acids is 1. The topological polar surface area (TPSA) is 84.2 Å². The molecule has 6 heteroatoms. The lowest BCUT2D eigenvalue weighted by molar-refractivity contribution is -0.115. The number of carboxylic acid groups (broad SMARTS) is 1. The summed E-state index contributed by atoms with van der Waals surface area (Å²) >= 11 is 0. The lowest BCUT2D eigenvalue weighted by Crippen LogP contribution is -2.11. The first-order valence-electron chi connectivity index (χ1n) is 3.27. The van der Waals surface area contributed by atoms with Gasteiger partial charge in [-0.3, -0.25) is 9.36 Å². The van der Waals surface area contributed by atoms with E-state index in [2.05, 4.69) is 10.3 Å². The fourth-order valence-electron chi connectivity index (χ4n) is 1.13. The van der Waals surface area contributed by atoms with Gasteiger partial charge in [0, 0.05) is 0 Å². The van der Waals surface area contributed by atoms with E-state index in [1.54, 1.807) is 0 Å². The van der Waals surface area contributed by atoms with Gasteiger partial charge in [0.2, 0.25) is 11.7 Å². The molecular formula is C6H5N3O3. The number of amides is 1. The molecule has 2 rings (SSSR count). The smallest absolute Gasteiger partial charge is 0.372 e. The SMILES string of the molecule is O=C1Cn2c(cnc2C(=O)O)N1. The number of hydrogen-bond acceptors (Lipinski definition) is 3. The van der Waals surface area contributed by atoms with Crippen molar-refractivity contribution in [2.24, 2.45) is 0 Å². The number of aromatic carboxylic acids is 1. The predicted molar refractivity (Wildman–Crippen MR) is 37.8 cm³/mol.